The van der Waals surface area contributed by atoms with Crippen molar-refractivity contribution in [2.45, 2.75) is 6.42 Å². The van der Waals surface area contributed by atoms with Crippen LogP contribution in [0.1, 0.15) is 21.5 Å². The highest BCUT2D eigenvalue weighted by Crippen LogP contribution is 2.18. The van der Waals surface area contributed by atoms with E-state index in [-0.39, 0.29) is 11.0 Å². The molecule has 7 heteroatoms. The summed E-state index contributed by atoms with van der Waals surface area (Å²) in [7, 11) is 1.57. The number of carbonyl (C=O) groups is 2. The van der Waals surface area contributed by atoms with Gasteiger partial charge in [0.2, 0.25) is 5.91 Å². The Balaban J connectivity index is 1.55. The largest absolute Gasteiger partial charge is 0.496 e. The van der Waals surface area contributed by atoms with Gasteiger partial charge in [0, 0.05) is 18.2 Å². The van der Waals surface area contributed by atoms with Gasteiger partial charge in [0.1, 0.15) is 5.75 Å². The normalized spacial score (nSPS) is 10.5. The molecule has 0 aliphatic carbocycles. The Bertz CT molecular complexity index is 1150. The van der Waals surface area contributed by atoms with Crippen LogP contribution in [0.15, 0.2) is 84.9 Å². The van der Waals surface area contributed by atoms with E-state index in [1.54, 1.807) is 37.5 Å². The van der Waals surface area contributed by atoms with E-state index in [9.17, 15) is 9.59 Å². The Morgan fingerprint density at radius 3 is 2.42 bits per heavy atom. The molecule has 3 aromatic rings. The van der Waals surface area contributed by atoms with Gasteiger partial charge in [-0.1, -0.05) is 60.7 Å². The van der Waals surface area contributed by atoms with Crippen molar-refractivity contribution in [3.05, 3.63) is 102 Å². The maximum Gasteiger partial charge on any atom is 0.253 e. The van der Waals surface area contributed by atoms with E-state index in [4.69, 9.17) is 17.0 Å². The van der Waals surface area contributed by atoms with Gasteiger partial charge in [0.15, 0.2) is 5.11 Å². The fourth-order valence-electron chi connectivity index (χ4n) is 3.13. The minimum Gasteiger partial charge on any atom is -0.496 e. The van der Waals surface area contributed by atoms with Crippen LogP contribution in [0, 0.1) is 0 Å². The lowest BCUT2D eigenvalue weighted by molar-refractivity contribution is -0.115. The second-order valence-corrected chi connectivity index (χ2v) is 7.46. The number of benzene rings is 3. The number of hydrogen-bond acceptors (Lipinski definition) is 4. The standard InChI is InChI=1S/C26H25N3O3S/c1-32-23-14-8-5-11-20(23)15-16-24(30)29-26(33)28-22-13-7-6-12-21(22)25(31)27-18-17-19-9-3-2-4-10-19/h2-16H,17-18H2,1H3,(H,27,31)(H2,28,29,30,33)/b16-15+. The van der Waals surface area contributed by atoms with E-state index >= 15 is 0 Å². The minimum absolute atomic E-state index is 0.0919. The average Bonchev–Trinajstić information content (AvgIpc) is 2.83. The summed E-state index contributed by atoms with van der Waals surface area (Å²) in [4.78, 5) is 24.9. The van der Waals surface area contributed by atoms with Crippen molar-refractivity contribution in [3.63, 3.8) is 0 Å². The molecule has 0 bridgehead atoms. The monoisotopic (exact) mass is 459 g/mol. The van der Waals surface area contributed by atoms with Crippen molar-refractivity contribution in [2.75, 3.05) is 19.0 Å². The van der Waals surface area contributed by atoms with Crippen LogP contribution in [0.2, 0.25) is 0 Å². The third kappa shape index (κ3) is 7.29. The van der Waals surface area contributed by atoms with Crippen molar-refractivity contribution < 1.29 is 14.3 Å². The first-order chi connectivity index (χ1) is 16.1. The van der Waals surface area contributed by atoms with Gasteiger partial charge in [-0.05, 0) is 48.5 Å². The van der Waals surface area contributed by atoms with Gasteiger partial charge in [0.25, 0.3) is 5.91 Å². The fraction of sp³-hybridized carbons (Fsp3) is 0.115. The van der Waals surface area contributed by atoms with Crippen molar-refractivity contribution in [1.82, 2.24) is 10.6 Å². The quantitative estimate of drug-likeness (QED) is 0.348. The molecule has 0 aliphatic heterocycles. The second kappa shape index (κ2) is 12.2. The summed E-state index contributed by atoms with van der Waals surface area (Å²) in [5, 5.41) is 8.53. The summed E-state index contributed by atoms with van der Waals surface area (Å²) >= 11 is 5.26. The van der Waals surface area contributed by atoms with E-state index in [0.29, 0.717) is 23.5 Å². The summed E-state index contributed by atoms with van der Waals surface area (Å²) in [6.07, 6.45) is 3.74. The fourth-order valence-corrected chi connectivity index (χ4v) is 3.34. The molecule has 6 nitrogen and oxygen atoms in total. The van der Waals surface area contributed by atoms with E-state index in [0.717, 1.165) is 17.5 Å². The molecule has 0 unspecified atom stereocenters. The molecule has 0 saturated heterocycles. The molecule has 0 spiro atoms. The number of ether oxygens (including phenoxy) is 1. The summed E-state index contributed by atoms with van der Waals surface area (Å²) in [6.45, 7) is 0.506. The number of nitrogens with one attached hydrogen (secondary N) is 3. The zero-order chi connectivity index (χ0) is 23.5. The summed E-state index contributed by atoms with van der Waals surface area (Å²) in [5.41, 5.74) is 2.86. The molecule has 3 aromatic carbocycles. The van der Waals surface area contributed by atoms with Crippen molar-refractivity contribution in [3.8, 4) is 5.75 Å². The van der Waals surface area contributed by atoms with Gasteiger partial charge < -0.3 is 15.4 Å². The maximum absolute atomic E-state index is 12.7. The van der Waals surface area contributed by atoms with Gasteiger partial charge in [-0.2, -0.15) is 0 Å². The molecule has 0 aromatic heterocycles. The Labute approximate surface area is 198 Å². The molecule has 33 heavy (non-hydrogen) atoms. The highest BCUT2D eigenvalue weighted by Gasteiger charge is 2.12. The topological polar surface area (TPSA) is 79.5 Å². The molecule has 168 valence electrons. The number of amides is 2. The van der Waals surface area contributed by atoms with E-state index in [1.165, 1.54) is 6.08 Å². The summed E-state index contributed by atoms with van der Waals surface area (Å²) in [5.74, 6) is 0.0388. The van der Waals surface area contributed by atoms with Crippen LogP contribution in [-0.2, 0) is 11.2 Å². The number of rotatable bonds is 8. The van der Waals surface area contributed by atoms with Crippen LogP contribution in [0.5, 0.6) is 5.75 Å². The van der Waals surface area contributed by atoms with Crippen LogP contribution in [0.3, 0.4) is 0 Å². The van der Waals surface area contributed by atoms with Crippen molar-refractivity contribution in [2.24, 2.45) is 0 Å². The molecule has 0 heterocycles. The average molecular weight is 460 g/mol. The SMILES string of the molecule is COc1ccccc1/C=C/C(=O)NC(=S)Nc1ccccc1C(=O)NCCc1ccccc1. The molecular weight excluding hydrogens is 434 g/mol. The molecule has 3 N–H and O–H groups in total. The molecule has 0 atom stereocenters. The number of anilines is 1. The molecule has 0 radical (unpaired) electrons. The third-order valence-corrected chi connectivity index (χ3v) is 4.96. The molecule has 3 rings (SSSR count). The zero-order valence-corrected chi connectivity index (χ0v) is 19.0. The Hall–Kier alpha value is -3.97. The van der Waals surface area contributed by atoms with Crippen LogP contribution < -0.4 is 20.7 Å². The van der Waals surface area contributed by atoms with Gasteiger partial charge in [-0.3, -0.25) is 14.9 Å². The Morgan fingerprint density at radius 2 is 1.64 bits per heavy atom. The first kappa shape index (κ1) is 23.7. The van der Waals surface area contributed by atoms with Crippen molar-refractivity contribution >= 4 is 40.9 Å². The molecule has 0 aliphatic rings. The van der Waals surface area contributed by atoms with Crippen LogP contribution in [0.4, 0.5) is 5.69 Å². The number of thiocarbonyl (C=S) groups is 1. The van der Waals surface area contributed by atoms with E-state index in [1.807, 2.05) is 54.6 Å². The smallest absolute Gasteiger partial charge is 0.253 e. The maximum atomic E-state index is 12.7. The lowest BCUT2D eigenvalue weighted by atomic mass is 10.1. The lowest BCUT2D eigenvalue weighted by Crippen LogP contribution is -2.34. The second-order valence-electron chi connectivity index (χ2n) is 7.06. The minimum atomic E-state index is -0.400. The first-order valence-electron chi connectivity index (χ1n) is 10.4. The number of hydrogen-bond donors (Lipinski definition) is 3. The predicted molar refractivity (Wildman–Crippen MR) is 135 cm³/mol. The molecule has 0 saturated carbocycles. The molecular formula is C26H25N3O3S. The van der Waals surface area contributed by atoms with Crippen molar-refractivity contribution in [1.29, 1.82) is 0 Å². The molecule has 2 amide bonds. The van der Waals surface area contributed by atoms with Crippen LogP contribution in [-0.4, -0.2) is 30.6 Å². The summed E-state index contributed by atoms with van der Waals surface area (Å²) < 4.78 is 5.27. The lowest BCUT2D eigenvalue weighted by Gasteiger charge is -2.13. The van der Waals surface area contributed by atoms with Crippen LogP contribution in [0.25, 0.3) is 6.08 Å². The van der Waals surface area contributed by atoms with Gasteiger partial charge in [-0.25, -0.2) is 0 Å². The van der Waals surface area contributed by atoms with Gasteiger partial charge in [-0.15, -0.1) is 0 Å². The number of methoxy groups -OCH3 is 1. The highest BCUT2D eigenvalue weighted by molar-refractivity contribution is 7.80. The van der Waals surface area contributed by atoms with E-state index < -0.39 is 5.91 Å². The van der Waals surface area contributed by atoms with E-state index in [2.05, 4.69) is 16.0 Å². The van der Waals surface area contributed by atoms with Crippen LogP contribution >= 0.6 is 12.2 Å². The Kier molecular flexibility index (Phi) is 8.73. The number of para-hydroxylation sites is 2. The van der Waals surface area contributed by atoms with Gasteiger partial charge >= 0.3 is 0 Å². The third-order valence-electron chi connectivity index (χ3n) is 4.75. The predicted octanol–water partition coefficient (Wildman–Crippen LogP) is 4.19. The first-order valence-corrected chi connectivity index (χ1v) is 10.8. The summed E-state index contributed by atoms with van der Waals surface area (Å²) in [6, 6.07) is 24.3. The van der Waals surface area contributed by atoms with Gasteiger partial charge in [0.05, 0.1) is 18.4 Å². The highest BCUT2D eigenvalue weighted by atomic mass is 32.1. The molecule has 0 fully saturated rings. The number of carbonyl (C=O) groups excluding carboxylic acids is 2. The Morgan fingerprint density at radius 1 is 0.939 bits per heavy atom. The zero-order valence-electron chi connectivity index (χ0n) is 18.2.